The molecule has 0 saturated heterocycles. The van der Waals surface area contributed by atoms with Crippen molar-refractivity contribution < 1.29 is 4.79 Å². The minimum atomic E-state index is -0.465. The molecule has 0 saturated carbocycles. The van der Waals surface area contributed by atoms with Crippen LogP contribution in [0.3, 0.4) is 0 Å². The molecule has 1 aliphatic heterocycles. The first-order valence-corrected chi connectivity index (χ1v) is 9.28. The number of rotatable bonds is 1. The molecule has 0 fully saturated rings. The number of nitrogens with one attached hydrogen (secondary N) is 1. The van der Waals surface area contributed by atoms with Crippen LogP contribution in [0.5, 0.6) is 0 Å². The molecule has 0 bridgehead atoms. The second kappa shape index (κ2) is 6.09. The Kier molecular flexibility index (Phi) is 3.99. The van der Waals surface area contributed by atoms with Crippen molar-refractivity contribution >= 4 is 27.5 Å². The molecule has 2 heterocycles. The van der Waals surface area contributed by atoms with E-state index in [4.69, 9.17) is 0 Å². The molecule has 2 aliphatic rings. The van der Waals surface area contributed by atoms with Gasteiger partial charge in [0.05, 0.1) is 5.56 Å². The van der Waals surface area contributed by atoms with Gasteiger partial charge < -0.3 is 5.32 Å². The number of carbonyl (C=O) groups excluding carboxylic acids is 1. The van der Waals surface area contributed by atoms with Crippen LogP contribution in [0.15, 0.2) is 49.6 Å². The van der Waals surface area contributed by atoms with Gasteiger partial charge in [-0.1, -0.05) is 28.1 Å². The summed E-state index contributed by atoms with van der Waals surface area (Å²) in [5.74, 6) is 0.0837. The van der Waals surface area contributed by atoms with E-state index in [0.29, 0.717) is 23.4 Å². The van der Waals surface area contributed by atoms with Crippen LogP contribution in [-0.4, -0.2) is 14.9 Å². The molecule has 134 valence electrons. The average Bonchev–Trinajstić information content (AvgIpc) is 2.64. The second-order valence-corrected chi connectivity index (χ2v) is 7.66. The summed E-state index contributed by atoms with van der Waals surface area (Å²) in [6.07, 6.45) is 1.98. The van der Waals surface area contributed by atoms with Gasteiger partial charge in [0.1, 0.15) is 5.82 Å². The van der Waals surface area contributed by atoms with Crippen LogP contribution in [0.4, 0.5) is 5.82 Å². The minimum absolute atomic E-state index is 0.0632. The highest BCUT2D eigenvalue weighted by Gasteiger charge is 2.38. The van der Waals surface area contributed by atoms with E-state index in [-0.39, 0.29) is 17.0 Å². The number of hydrogen-bond donors (Lipinski definition) is 1. The van der Waals surface area contributed by atoms with E-state index in [1.807, 2.05) is 24.3 Å². The summed E-state index contributed by atoms with van der Waals surface area (Å²) < 4.78 is 3.48. The zero-order valence-electron chi connectivity index (χ0n) is 14.5. The number of anilines is 1. The number of ketones is 1. The first kappa shape index (κ1) is 17.0. The van der Waals surface area contributed by atoms with E-state index in [1.54, 1.807) is 7.05 Å². The van der Waals surface area contributed by atoms with Gasteiger partial charge in [0.15, 0.2) is 5.78 Å². The number of halogens is 1. The quantitative estimate of drug-likeness (QED) is 0.775. The molecule has 0 spiro atoms. The zero-order valence-corrected chi connectivity index (χ0v) is 16.1. The third kappa shape index (κ3) is 2.41. The zero-order chi connectivity index (χ0) is 18.6. The Morgan fingerprint density at radius 1 is 1.04 bits per heavy atom. The number of carbonyl (C=O) groups is 1. The molecule has 4 rings (SSSR count). The van der Waals surface area contributed by atoms with Crippen molar-refractivity contribution in [1.82, 2.24) is 9.13 Å². The van der Waals surface area contributed by atoms with Crippen LogP contribution in [0, 0.1) is 0 Å². The SMILES string of the molecule is Cn1c2c(c(=O)n(C)c1=O)[C@H](c1ccc(Br)cc1)C1=C(CCCC1=O)N2. The molecule has 6 nitrogen and oxygen atoms in total. The van der Waals surface area contributed by atoms with Gasteiger partial charge in [0, 0.05) is 42.2 Å². The first-order valence-electron chi connectivity index (χ1n) is 8.48. The molecule has 2 aromatic rings. The standard InChI is InChI=1S/C19H18BrN3O3/c1-22-17-16(18(25)23(2)19(22)26)14(10-6-8-11(20)9-7-10)15-12(21-17)4-3-5-13(15)24/h6-9,14,21H,3-5H2,1-2H3/t14-/m1/s1. The van der Waals surface area contributed by atoms with Gasteiger partial charge in [-0.15, -0.1) is 0 Å². The van der Waals surface area contributed by atoms with Crippen LogP contribution < -0.4 is 16.6 Å². The van der Waals surface area contributed by atoms with Crippen molar-refractivity contribution in [2.24, 2.45) is 14.1 Å². The maximum absolute atomic E-state index is 13.0. The number of nitrogens with zero attached hydrogens (tertiary/aromatic N) is 2. The van der Waals surface area contributed by atoms with E-state index in [2.05, 4.69) is 21.2 Å². The Balaban J connectivity index is 2.08. The summed E-state index contributed by atoms with van der Waals surface area (Å²) in [7, 11) is 3.11. The van der Waals surface area contributed by atoms with Crippen LogP contribution in [-0.2, 0) is 18.9 Å². The molecule has 26 heavy (non-hydrogen) atoms. The normalized spacial score (nSPS) is 19.0. The lowest BCUT2D eigenvalue weighted by molar-refractivity contribution is -0.116. The van der Waals surface area contributed by atoms with Gasteiger partial charge in [0.25, 0.3) is 5.56 Å². The summed E-state index contributed by atoms with van der Waals surface area (Å²) in [5, 5.41) is 3.22. The fraction of sp³-hybridized carbons (Fsp3) is 0.316. The lowest BCUT2D eigenvalue weighted by Crippen LogP contribution is -2.44. The van der Waals surface area contributed by atoms with Gasteiger partial charge in [-0.05, 0) is 30.5 Å². The molecular formula is C19H18BrN3O3. The monoisotopic (exact) mass is 415 g/mol. The van der Waals surface area contributed by atoms with Crippen molar-refractivity contribution in [2.75, 3.05) is 5.32 Å². The first-order chi connectivity index (χ1) is 12.4. The van der Waals surface area contributed by atoms with Crippen LogP contribution in [0.2, 0.25) is 0 Å². The molecule has 1 atom stereocenters. The van der Waals surface area contributed by atoms with E-state index in [9.17, 15) is 14.4 Å². The number of benzene rings is 1. The lowest BCUT2D eigenvalue weighted by Gasteiger charge is -2.34. The van der Waals surface area contributed by atoms with Gasteiger partial charge in [-0.3, -0.25) is 18.7 Å². The van der Waals surface area contributed by atoms with E-state index in [1.165, 1.54) is 11.6 Å². The summed E-state index contributed by atoms with van der Waals surface area (Å²) >= 11 is 3.43. The summed E-state index contributed by atoms with van der Waals surface area (Å²) in [6, 6.07) is 7.63. The number of allylic oxidation sites excluding steroid dienone is 2. The molecule has 1 aromatic carbocycles. The molecule has 0 amide bonds. The highest BCUT2D eigenvalue weighted by molar-refractivity contribution is 9.10. The maximum atomic E-state index is 13.0. The lowest BCUT2D eigenvalue weighted by atomic mass is 9.76. The van der Waals surface area contributed by atoms with E-state index in [0.717, 1.165) is 33.1 Å². The number of fused-ring (bicyclic) bond motifs is 1. The van der Waals surface area contributed by atoms with Gasteiger partial charge in [-0.25, -0.2) is 4.79 Å². The predicted octanol–water partition coefficient (Wildman–Crippen LogP) is 2.41. The Morgan fingerprint density at radius 2 is 1.73 bits per heavy atom. The molecule has 1 aliphatic carbocycles. The molecule has 7 heteroatoms. The topological polar surface area (TPSA) is 73.1 Å². The van der Waals surface area contributed by atoms with Gasteiger partial charge in [0.2, 0.25) is 0 Å². The largest absolute Gasteiger partial charge is 0.344 e. The maximum Gasteiger partial charge on any atom is 0.332 e. The molecule has 1 N–H and O–H groups in total. The predicted molar refractivity (Wildman–Crippen MR) is 102 cm³/mol. The van der Waals surface area contributed by atoms with Crippen LogP contribution in [0.25, 0.3) is 0 Å². The van der Waals surface area contributed by atoms with Crippen molar-refractivity contribution in [1.29, 1.82) is 0 Å². The average molecular weight is 416 g/mol. The Hall–Kier alpha value is -2.41. The number of aromatic nitrogens is 2. The van der Waals surface area contributed by atoms with Crippen molar-refractivity contribution in [3.63, 3.8) is 0 Å². The highest BCUT2D eigenvalue weighted by atomic mass is 79.9. The highest BCUT2D eigenvalue weighted by Crippen LogP contribution is 2.43. The van der Waals surface area contributed by atoms with E-state index >= 15 is 0 Å². The molecular weight excluding hydrogens is 398 g/mol. The summed E-state index contributed by atoms with van der Waals surface area (Å²) in [5.41, 5.74) is 2.04. The third-order valence-electron chi connectivity index (χ3n) is 5.21. The third-order valence-corrected chi connectivity index (χ3v) is 5.73. The minimum Gasteiger partial charge on any atom is -0.344 e. The number of hydrogen-bond acceptors (Lipinski definition) is 4. The summed E-state index contributed by atoms with van der Waals surface area (Å²) in [4.78, 5) is 38.1. The molecule has 1 aromatic heterocycles. The van der Waals surface area contributed by atoms with Gasteiger partial charge in [-0.2, -0.15) is 0 Å². The van der Waals surface area contributed by atoms with Crippen LogP contribution >= 0.6 is 15.9 Å². The van der Waals surface area contributed by atoms with Crippen molar-refractivity contribution in [3.8, 4) is 0 Å². The van der Waals surface area contributed by atoms with Crippen molar-refractivity contribution in [3.05, 3.63) is 72.0 Å². The fourth-order valence-electron chi connectivity index (χ4n) is 3.89. The van der Waals surface area contributed by atoms with E-state index < -0.39 is 5.92 Å². The fourth-order valence-corrected chi connectivity index (χ4v) is 4.15. The van der Waals surface area contributed by atoms with Crippen molar-refractivity contribution in [2.45, 2.75) is 25.2 Å². The Bertz CT molecular complexity index is 1080. The number of Topliss-reactive ketones (excluding diaryl/α,β-unsaturated/α-hetero) is 1. The summed E-state index contributed by atoms with van der Waals surface area (Å²) in [6.45, 7) is 0. The van der Waals surface area contributed by atoms with Crippen LogP contribution in [0.1, 0.15) is 36.3 Å². The second-order valence-electron chi connectivity index (χ2n) is 6.75. The Morgan fingerprint density at radius 3 is 2.42 bits per heavy atom. The molecule has 0 radical (unpaired) electrons. The van der Waals surface area contributed by atoms with Gasteiger partial charge >= 0.3 is 5.69 Å². The smallest absolute Gasteiger partial charge is 0.332 e. The Labute approximate surface area is 158 Å². The molecule has 0 unspecified atom stereocenters.